The van der Waals surface area contributed by atoms with E-state index in [1.807, 2.05) is 4.90 Å². The molecule has 1 spiro atoms. The van der Waals surface area contributed by atoms with Gasteiger partial charge in [-0.3, -0.25) is 9.69 Å². The predicted octanol–water partition coefficient (Wildman–Crippen LogP) is 1.53. The van der Waals surface area contributed by atoms with Gasteiger partial charge in [0, 0.05) is 19.6 Å². The van der Waals surface area contributed by atoms with Gasteiger partial charge in [-0.15, -0.1) is 0 Å². The number of hydrogen-bond donors (Lipinski definition) is 2. The fourth-order valence-electron chi connectivity index (χ4n) is 3.95. The van der Waals surface area contributed by atoms with Crippen molar-refractivity contribution in [1.29, 1.82) is 0 Å². The van der Waals surface area contributed by atoms with Gasteiger partial charge in [0.2, 0.25) is 0 Å². The molecule has 2 aliphatic rings. The first-order valence-corrected chi connectivity index (χ1v) is 8.35. The molecule has 3 heterocycles. The van der Waals surface area contributed by atoms with E-state index in [-0.39, 0.29) is 11.1 Å². The van der Waals surface area contributed by atoms with Crippen LogP contribution in [0.4, 0.5) is 6.01 Å². The third-order valence-electron chi connectivity index (χ3n) is 5.21. The summed E-state index contributed by atoms with van der Waals surface area (Å²) >= 11 is 0. The van der Waals surface area contributed by atoms with E-state index < -0.39 is 18.0 Å². The highest BCUT2D eigenvalue weighted by Gasteiger charge is 2.48. The van der Waals surface area contributed by atoms with Crippen molar-refractivity contribution in [3.8, 4) is 0 Å². The SMILES string of the molecule is CCCN1CC2(CCN(c3nc(C(=O)O)co3)CC2)CC1C(=O)O. The minimum Gasteiger partial charge on any atom is -0.480 e. The molecule has 132 valence electrons. The summed E-state index contributed by atoms with van der Waals surface area (Å²) in [5, 5.41) is 18.4. The Balaban J connectivity index is 1.65. The molecule has 3 rings (SSSR count). The van der Waals surface area contributed by atoms with Crippen LogP contribution in [0.2, 0.25) is 0 Å². The zero-order valence-electron chi connectivity index (χ0n) is 13.8. The van der Waals surface area contributed by atoms with E-state index in [9.17, 15) is 14.7 Å². The van der Waals surface area contributed by atoms with Crippen LogP contribution in [0.3, 0.4) is 0 Å². The Hall–Kier alpha value is -2.09. The lowest BCUT2D eigenvalue weighted by atomic mass is 9.76. The number of rotatable bonds is 5. The van der Waals surface area contributed by atoms with Crippen molar-refractivity contribution in [2.75, 3.05) is 31.1 Å². The van der Waals surface area contributed by atoms with Gasteiger partial charge >= 0.3 is 11.9 Å². The number of aromatic nitrogens is 1. The van der Waals surface area contributed by atoms with Gasteiger partial charge in [0.15, 0.2) is 5.69 Å². The minimum atomic E-state index is -1.10. The van der Waals surface area contributed by atoms with Crippen LogP contribution in [0.1, 0.15) is 43.1 Å². The van der Waals surface area contributed by atoms with Gasteiger partial charge in [-0.1, -0.05) is 6.92 Å². The summed E-state index contributed by atoms with van der Waals surface area (Å²) in [6.07, 6.45) is 4.51. The van der Waals surface area contributed by atoms with Crippen LogP contribution >= 0.6 is 0 Å². The van der Waals surface area contributed by atoms with Crippen LogP contribution in [-0.4, -0.2) is 64.3 Å². The minimum absolute atomic E-state index is 0.0247. The molecule has 0 aliphatic carbocycles. The van der Waals surface area contributed by atoms with Crippen molar-refractivity contribution in [3.63, 3.8) is 0 Å². The van der Waals surface area contributed by atoms with E-state index in [0.29, 0.717) is 25.5 Å². The van der Waals surface area contributed by atoms with Gasteiger partial charge in [-0.25, -0.2) is 4.79 Å². The summed E-state index contributed by atoms with van der Waals surface area (Å²) in [7, 11) is 0. The average molecular weight is 337 g/mol. The zero-order chi connectivity index (χ0) is 17.3. The Bertz CT molecular complexity index is 621. The fraction of sp³-hybridized carbons (Fsp3) is 0.688. The van der Waals surface area contributed by atoms with E-state index in [2.05, 4.69) is 16.8 Å². The summed E-state index contributed by atoms with van der Waals surface area (Å²) in [5.74, 6) is -1.84. The van der Waals surface area contributed by atoms with Crippen LogP contribution in [0.25, 0.3) is 0 Å². The quantitative estimate of drug-likeness (QED) is 0.833. The van der Waals surface area contributed by atoms with Gasteiger partial charge < -0.3 is 19.5 Å². The third-order valence-corrected chi connectivity index (χ3v) is 5.21. The lowest BCUT2D eigenvalue weighted by molar-refractivity contribution is -0.142. The molecule has 0 amide bonds. The molecule has 8 nitrogen and oxygen atoms in total. The highest BCUT2D eigenvalue weighted by molar-refractivity contribution is 5.85. The maximum atomic E-state index is 11.5. The molecule has 1 aromatic rings. The number of carbonyl (C=O) groups is 2. The first-order chi connectivity index (χ1) is 11.4. The highest BCUT2D eigenvalue weighted by Crippen LogP contribution is 2.44. The maximum Gasteiger partial charge on any atom is 0.357 e. The monoisotopic (exact) mass is 337 g/mol. The van der Waals surface area contributed by atoms with Gasteiger partial charge in [0.1, 0.15) is 12.3 Å². The Labute approximate surface area is 140 Å². The first kappa shape index (κ1) is 16.8. The van der Waals surface area contributed by atoms with E-state index in [1.54, 1.807) is 0 Å². The Kier molecular flexibility index (Phi) is 4.49. The molecule has 0 bridgehead atoms. The number of aliphatic carboxylic acids is 1. The largest absolute Gasteiger partial charge is 0.480 e. The molecular weight excluding hydrogens is 314 g/mol. The number of oxazole rings is 1. The topological polar surface area (TPSA) is 107 Å². The number of piperidine rings is 1. The predicted molar refractivity (Wildman–Crippen MR) is 85.2 cm³/mol. The number of nitrogens with zero attached hydrogens (tertiary/aromatic N) is 3. The van der Waals surface area contributed by atoms with Crippen molar-refractivity contribution in [2.45, 2.75) is 38.6 Å². The smallest absolute Gasteiger partial charge is 0.357 e. The van der Waals surface area contributed by atoms with Gasteiger partial charge in [0.05, 0.1) is 0 Å². The lowest BCUT2D eigenvalue weighted by Gasteiger charge is -2.38. The van der Waals surface area contributed by atoms with E-state index >= 15 is 0 Å². The van der Waals surface area contributed by atoms with Crippen LogP contribution < -0.4 is 4.90 Å². The van der Waals surface area contributed by atoms with Gasteiger partial charge in [-0.05, 0) is 37.6 Å². The molecule has 8 heteroatoms. The molecule has 1 atom stereocenters. The molecule has 0 saturated carbocycles. The number of carboxylic acids is 2. The summed E-state index contributed by atoms with van der Waals surface area (Å²) in [6, 6.07) is -0.0581. The highest BCUT2D eigenvalue weighted by atomic mass is 16.4. The summed E-state index contributed by atoms with van der Waals surface area (Å²) in [6.45, 7) is 5.09. The second-order valence-corrected chi connectivity index (χ2v) is 6.84. The van der Waals surface area contributed by atoms with Crippen molar-refractivity contribution < 1.29 is 24.2 Å². The van der Waals surface area contributed by atoms with Crippen LogP contribution in [0.5, 0.6) is 0 Å². The van der Waals surface area contributed by atoms with Crippen molar-refractivity contribution >= 4 is 18.0 Å². The van der Waals surface area contributed by atoms with Crippen molar-refractivity contribution in [1.82, 2.24) is 9.88 Å². The fourth-order valence-corrected chi connectivity index (χ4v) is 3.95. The number of hydrogen-bond acceptors (Lipinski definition) is 6. The molecule has 1 aromatic heterocycles. The second kappa shape index (κ2) is 6.43. The first-order valence-electron chi connectivity index (χ1n) is 8.35. The van der Waals surface area contributed by atoms with Crippen LogP contribution in [0, 0.1) is 5.41 Å². The van der Waals surface area contributed by atoms with E-state index in [4.69, 9.17) is 9.52 Å². The standard InChI is InChI=1S/C16H23N3O5/c1-2-5-19-10-16(8-12(19)14(22)23)3-6-18(7-4-16)15-17-11(9-24-15)13(20)21/h9,12H,2-8,10H2,1H3,(H,20,21)(H,22,23). The average Bonchev–Trinajstić information content (AvgIpc) is 3.15. The number of anilines is 1. The zero-order valence-corrected chi connectivity index (χ0v) is 13.8. The molecule has 0 aromatic carbocycles. The Morgan fingerprint density at radius 2 is 2.08 bits per heavy atom. The molecule has 2 aliphatic heterocycles. The molecular formula is C16H23N3O5. The molecule has 2 N–H and O–H groups in total. The Morgan fingerprint density at radius 1 is 1.38 bits per heavy atom. The van der Waals surface area contributed by atoms with Crippen molar-refractivity contribution in [2.24, 2.45) is 5.41 Å². The third kappa shape index (κ3) is 3.10. The maximum absolute atomic E-state index is 11.5. The van der Waals surface area contributed by atoms with Gasteiger partial charge in [-0.2, -0.15) is 4.98 Å². The summed E-state index contributed by atoms with van der Waals surface area (Å²) < 4.78 is 5.26. The number of aromatic carboxylic acids is 1. The van der Waals surface area contributed by atoms with E-state index in [1.165, 1.54) is 0 Å². The molecule has 0 radical (unpaired) electrons. The second-order valence-electron chi connectivity index (χ2n) is 6.84. The summed E-state index contributed by atoms with van der Waals surface area (Å²) in [5.41, 5.74) is -0.0667. The normalized spacial score (nSPS) is 23.7. The molecule has 2 saturated heterocycles. The van der Waals surface area contributed by atoms with Crippen LogP contribution in [-0.2, 0) is 4.79 Å². The number of carboxylic acid groups (broad SMARTS) is 2. The Morgan fingerprint density at radius 3 is 2.62 bits per heavy atom. The van der Waals surface area contributed by atoms with Crippen LogP contribution in [0.15, 0.2) is 10.7 Å². The van der Waals surface area contributed by atoms with Crippen molar-refractivity contribution in [3.05, 3.63) is 12.0 Å². The van der Waals surface area contributed by atoms with Gasteiger partial charge in [0.25, 0.3) is 6.01 Å². The molecule has 2 fully saturated rings. The summed E-state index contributed by atoms with van der Waals surface area (Å²) in [4.78, 5) is 30.4. The van der Waals surface area contributed by atoms with E-state index in [0.717, 1.165) is 38.6 Å². The molecule has 1 unspecified atom stereocenters. The number of likely N-dealkylation sites (tertiary alicyclic amines) is 1. The molecule has 24 heavy (non-hydrogen) atoms. The lowest BCUT2D eigenvalue weighted by Crippen LogP contribution is -2.42.